The average molecular weight is 460 g/mol. The quantitative estimate of drug-likeness (QED) is 0.604. The second-order valence-electron chi connectivity index (χ2n) is 7.74. The minimum absolute atomic E-state index is 0.127. The van der Waals surface area contributed by atoms with Gasteiger partial charge in [-0.1, -0.05) is 0 Å². The Hall–Kier alpha value is -3.44. The van der Waals surface area contributed by atoms with Crippen LogP contribution in [0.3, 0.4) is 0 Å². The van der Waals surface area contributed by atoms with E-state index in [1.165, 1.54) is 0 Å². The van der Waals surface area contributed by atoms with Crippen LogP contribution in [0.4, 0.5) is 19.1 Å². The molecule has 33 heavy (non-hydrogen) atoms. The summed E-state index contributed by atoms with van der Waals surface area (Å²) in [6, 6.07) is 8.68. The summed E-state index contributed by atoms with van der Waals surface area (Å²) in [4.78, 5) is 21.2. The highest BCUT2D eigenvalue weighted by molar-refractivity contribution is 5.94. The number of halogens is 3. The van der Waals surface area contributed by atoms with Crippen molar-refractivity contribution in [1.29, 1.82) is 0 Å². The molecule has 1 aromatic carbocycles. The summed E-state index contributed by atoms with van der Waals surface area (Å²) in [5.74, 6) is 0.510. The van der Waals surface area contributed by atoms with Crippen LogP contribution in [0.1, 0.15) is 15.9 Å². The number of carbonyl (C=O) groups is 1. The Morgan fingerprint density at radius 3 is 2.42 bits per heavy atom. The van der Waals surface area contributed by atoms with Crippen molar-refractivity contribution >= 4 is 11.9 Å². The summed E-state index contributed by atoms with van der Waals surface area (Å²) < 4.78 is 55.3. The molecular weight excluding hydrogens is 441 g/mol. The molecule has 172 valence electrons. The van der Waals surface area contributed by atoms with Crippen molar-refractivity contribution in [3.05, 3.63) is 66.1 Å². The lowest BCUT2D eigenvalue weighted by Crippen LogP contribution is -2.44. The second-order valence-corrected chi connectivity index (χ2v) is 7.74. The highest BCUT2D eigenvalue weighted by Crippen LogP contribution is 2.30. The van der Waals surface area contributed by atoms with Crippen LogP contribution >= 0.6 is 0 Å². The first-order valence-electron chi connectivity index (χ1n) is 10.2. The zero-order chi connectivity index (χ0) is 23.0. The van der Waals surface area contributed by atoms with Gasteiger partial charge >= 0.3 is 6.18 Å². The van der Waals surface area contributed by atoms with Gasteiger partial charge in [0.1, 0.15) is 17.9 Å². The van der Waals surface area contributed by atoms with Gasteiger partial charge in [0, 0.05) is 11.8 Å². The summed E-state index contributed by atoms with van der Waals surface area (Å²) in [5, 5.41) is 6.00. The highest BCUT2D eigenvalue weighted by atomic mass is 19.4. The number of nitrogens with zero attached hydrogens (tertiary/aromatic N) is 2. The van der Waals surface area contributed by atoms with Crippen LogP contribution in [0.2, 0.25) is 0 Å². The molecule has 2 saturated heterocycles. The van der Waals surface area contributed by atoms with E-state index >= 15 is 0 Å². The summed E-state index contributed by atoms with van der Waals surface area (Å²) >= 11 is 0. The SMILES string of the molecule is O=C(N[C@H]1CO[C@H]2[C@H]1OC[C@H]2Nc1nccc(-c2ccco2)n1)c1ccc(C(F)(F)F)cc1. The first-order chi connectivity index (χ1) is 15.9. The van der Waals surface area contributed by atoms with Crippen molar-refractivity contribution in [2.45, 2.75) is 30.5 Å². The van der Waals surface area contributed by atoms with E-state index in [1.54, 1.807) is 30.7 Å². The molecule has 0 radical (unpaired) electrons. The van der Waals surface area contributed by atoms with Gasteiger partial charge in [-0.25, -0.2) is 9.97 Å². The number of carbonyl (C=O) groups excluding carboxylic acids is 1. The van der Waals surface area contributed by atoms with Gasteiger partial charge in [0.25, 0.3) is 5.91 Å². The number of nitrogens with one attached hydrogen (secondary N) is 2. The molecule has 2 aromatic heterocycles. The molecule has 1 amide bonds. The van der Waals surface area contributed by atoms with Crippen LogP contribution in [0, 0.1) is 0 Å². The molecule has 0 spiro atoms. The lowest BCUT2D eigenvalue weighted by Gasteiger charge is -2.18. The van der Waals surface area contributed by atoms with E-state index in [1.807, 2.05) is 0 Å². The summed E-state index contributed by atoms with van der Waals surface area (Å²) in [6.45, 7) is 0.531. The Balaban J connectivity index is 1.21. The minimum atomic E-state index is -4.46. The molecule has 2 aliphatic rings. The van der Waals surface area contributed by atoms with E-state index in [0.717, 1.165) is 24.3 Å². The lowest BCUT2D eigenvalue weighted by molar-refractivity contribution is -0.137. The predicted molar refractivity (Wildman–Crippen MR) is 109 cm³/mol. The Kier molecular flexibility index (Phi) is 5.51. The molecule has 0 aliphatic carbocycles. The molecule has 11 heteroatoms. The normalized spacial score (nSPS) is 24.5. The third kappa shape index (κ3) is 4.41. The van der Waals surface area contributed by atoms with Crippen LogP contribution in [0.5, 0.6) is 0 Å². The molecule has 2 aliphatic heterocycles. The van der Waals surface area contributed by atoms with Gasteiger partial charge in [0.15, 0.2) is 5.76 Å². The number of ether oxygens (including phenoxy) is 2. The number of rotatable bonds is 5. The molecule has 0 bridgehead atoms. The van der Waals surface area contributed by atoms with Crippen LogP contribution in [0.15, 0.2) is 59.3 Å². The smallest absolute Gasteiger partial charge is 0.416 e. The molecule has 0 saturated carbocycles. The Morgan fingerprint density at radius 1 is 1.00 bits per heavy atom. The Bertz CT molecular complexity index is 1120. The molecule has 2 N–H and O–H groups in total. The van der Waals surface area contributed by atoms with Gasteiger partial charge in [-0.15, -0.1) is 0 Å². The van der Waals surface area contributed by atoms with E-state index in [4.69, 9.17) is 13.9 Å². The molecule has 3 aromatic rings. The fourth-order valence-electron chi connectivity index (χ4n) is 3.96. The van der Waals surface area contributed by atoms with Crippen LogP contribution in [-0.2, 0) is 15.7 Å². The number of alkyl halides is 3. The van der Waals surface area contributed by atoms with Crippen LogP contribution in [0.25, 0.3) is 11.5 Å². The van der Waals surface area contributed by atoms with E-state index in [9.17, 15) is 18.0 Å². The molecular formula is C22H19F3N4O4. The maximum Gasteiger partial charge on any atom is 0.416 e. The zero-order valence-electron chi connectivity index (χ0n) is 17.1. The monoisotopic (exact) mass is 460 g/mol. The molecule has 4 atom stereocenters. The number of anilines is 1. The van der Waals surface area contributed by atoms with Gasteiger partial charge in [0.05, 0.1) is 37.1 Å². The molecule has 2 fully saturated rings. The van der Waals surface area contributed by atoms with Crippen molar-refractivity contribution in [1.82, 2.24) is 15.3 Å². The Morgan fingerprint density at radius 2 is 1.73 bits per heavy atom. The average Bonchev–Trinajstić information content (AvgIpc) is 3.54. The van der Waals surface area contributed by atoms with Crippen molar-refractivity contribution < 1.29 is 31.9 Å². The predicted octanol–water partition coefficient (Wildman–Crippen LogP) is 3.13. The molecule has 8 nitrogen and oxygen atoms in total. The van der Waals surface area contributed by atoms with Crippen molar-refractivity contribution in [3.63, 3.8) is 0 Å². The number of benzene rings is 1. The van der Waals surface area contributed by atoms with Crippen LogP contribution in [-0.4, -0.2) is 53.4 Å². The van der Waals surface area contributed by atoms with Crippen molar-refractivity contribution in [3.8, 4) is 11.5 Å². The maximum atomic E-state index is 12.7. The minimum Gasteiger partial charge on any atom is -0.463 e. The number of hydrogen-bond acceptors (Lipinski definition) is 7. The van der Waals surface area contributed by atoms with Gasteiger partial charge < -0.3 is 24.5 Å². The number of hydrogen-bond donors (Lipinski definition) is 2. The number of furan rings is 1. The van der Waals surface area contributed by atoms with Gasteiger partial charge in [-0.2, -0.15) is 13.2 Å². The van der Waals surface area contributed by atoms with Gasteiger partial charge in [0.2, 0.25) is 5.95 Å². The Labute approximate surface area is 186 Å². The molecule has 5 rings (SSSR count). The summed E-state index contributed by atoms with van der Waals surface area (Å²) in [7, 11) is 0. The third-order valence-corrected chi connectivity index (χ3v) is 5.59. The number of amides is 1. The first-order valence-corrected chi connectivity index (χ1v) is 10.2. The fourth-order valence-corrected chi connectivity index (χ4v) is 3.96. The van der Waals surface area contributed by atoms with Gasteiger partial charge in [-0.3, -0.25) is 4.79 Å². The van der Waals surface area contributed by atoms with Gasteiger partial charge in [-0.05, 0) is 42.5 Å². The van der Waals surface area contributed by atoms with Crippen molar-refractivity contribution in [2.75, 3.05) is 18.5 Å². The summed E-state index contributed by atoms with van der Waals surface area (Å²) in [6.07, 6.45) is -2.04. The molecule has 4 heterocycles. The van der Waals surface area contributed by atoms with E-state index in [2.05, 4.69) is 20.6 Å². The van der Waals surface area contributed by atoms with Crippen molar-refractivity contribution in [2.24, 2.45) is 0 Å². The van der Waals surface area contributed by atoms with E-state index in [0.29, 0.717) is 24.0 Å². The zero-order valence-corrected chi connectivity index (χ0v) is 17.1. The second kappa shape index (κ2) is 8.49. The fraction of sp³-hybridized carbons (Fsp3) is 0.318. The topological polar surface area (TPSA) is 98.5 Å². The van der Waals surface area contributed by atoms with E-state index in [-0.39, 0.29) is 24.3 Å². The maximum absolute atomic E-state index is 12.7. The number of aromatic nitrogens is 2. The van der Waals surface area contributed by atoms with E-state index < -0.39 is 29.8 Å². The highest BCUT2D eigenvalue weighted by Gasteiger charge is 2.48. The third-order valence-electron chi connectivity index (χ3n) is 5.59. The van der Waals surface area contributed by atoms with Crippen LogP contribution < -0.4 is 10.6 Å². The lowest BCUT2D eigenvalue weighted by atomic mass is 10.1. The standard InChI is InChI=1S/C22H19F3N4O4/c23-22(24,25)13-5-3-12(4-6-13)20(30)27-15-10-32-19-16(11-33-18(15)19)29-21-26-8-7-14(28-21)17-2-1-9-31-17/h1-9,15-16,18-19H,10-11H2,(H,27,30)(H,26,28,29)/t15-,16+,18-,19+/m0/s1. The molecule has 0 unspecified atom stereocenters. The number of fused-ring (bicyclic) bond motifs is 1. The largest absolute Gasteiger partial charge is 0.463 e. The summed E-state index contributed by atoms with van der Waals surface area (Å²) in [5.41, 5.74) is -0.0565. The first kappa shape index (κ1) is 21.4.